The Kier molecular flexibility index (Phi) is 4.69. The minimum Gasteiger partial charge on any atom is -0.370 e. The largest absolute Gasteiger partial charge is 0.370 e. The van der Waals surface area contributed by atoms with Crippen LogP contribution < -0.4 is 16.6 Å². The summed E-state index contributed by atoms with van der Waals surface area (Å²) in [5, 5.41) is 3.35. The van der Waals surface area contributed by atoms with E-state index in [9.17, 15) is 0 Å². The van der Waals surface area contributed by atoms with E-state index in [-0.39, 0.29) is 0 Å². The van der Waals surface area contributed by atoms with Crippen LogP contribution in [0.4, 0.5) is 11.6 Å². The number of nitrogen functional groups attached to an aromatic ring is 1. The van der Waals surface area contributed by atoms with Gasteiger partial charge in [-0.1, -0.05) is 27.7 Å². The minimum atomic E-state index is 0.321. The Labute approximate surface area is 103 Å². The molecule has 0 bridgehead atoms. The van der Waals surface area contributed by atoms with Crippen LogP contribution in [0.2, 0.25) is 0 Å². The fraction of sp³-hybridized carbons (Fsp3) is 0.667. The number of aromatic nitrogens is 2. The third-order valence-electron chi connectivity index (χ3n) is 2.60. The normalized spacial score (nSPS) is 11.4. The van der Waals surface area contributed by atoms with Gasteiger partial charge in [0.15, 0.2) is 0 Å². The van der Waals surface area contributed by atoms with E-state index in [2.05, 4.69) is 48.4 Å². The molecule has 1 aromatic heterocycles. The number of nitrogens with zero attached hydrogens (tertiary/aromatic N) is 2. The van der Waals surface area contributed by atoms with Gasteiger partial charge in [0.1, 0.15) is 18.0 Å². The van der Waals surface area contributed by atoms with Crippen molar-refractivity contribution < 1.29 is 0 Å². The van der Waals surface area contributed by atoms with Crippen LogP contribution in [0.1, 0.15) is 39.7 Å². The van der Waals surface area contributed by atoms with Crippen LogP contribution in [0.25, 0.3) is 0 Å². The van der Waals surface area contributed by atoms with Crippen molar-refractivity contribution in [3.8, 4) is 0 Å². The summed E-state index contributed by atoms with van der Waals surface area (Å²) in [6.07, 6.45) is 3.46. The second-order valence-electron chi connectivity index (χ2n) is 5.28. The zero-order chi connectivity index (χ0) is 12.9. The smallest absolute Gasteiger partial charge is 0.148 e. The lowest BCUT2D eigenvalue weighted by Crippen LogP contribution is -2.17. The summed E-state index contributed by atoms with van der Waals surface area (Å²) in [4.78, 5) is 8.36. The highest BCUT2D eigenvalue weighted by Gasteiger charge is 2.12. The average molecular weight is 237 g/mol. The predicted molar refractivity (Wildman–Crippen MR) is 71.8 cm³/mol. The second kappa shape index (κ2) is 5.82. The lowest BCUT2D eigenvalue weighted by Gasteiger charge is -2.19. The van der Waals surface area contributed by atoms with Gasteiger partial charge in [-0.2, -0.15) is 0 Å². The van der Waals surface area contributed by atoms with Crippen molar-refractivity contribution in [2.75, 3.05) is 17.3 Å². The molecule has 0 spiro atoms. The Bertz CT molecular complexity index is 356. The van der Waals surface area contributed by atoms with Crippen LogP contribution in [0, 0.1) is 5.41 Å². The molecule has 0 aliphatic heterocycles. The van der Waals surface area contributed by atoms with E-state index < -0.39 is 0 Å². The van der Waals surface area contributed by atoms with Crippen LogP contribution in [0.3, 0.4) is 0 Å². The first kappa shape index (κ1) is 13.7. The SMILES string of the molecule is CCc1c(NN)ncnc1NCCC(C)(C)C. The quantitative estimate of drug-likeness (QED) is 0.540. The highest BCUT2D eigenvalue weighted by Crippen LogP contribution is 2.21. The summed E-state index contributed by atoms with van der Waals surface area (Å²) in [5.41, 5.74) is 3.95. The number of nitrogens with one attached hydrogen (secondary N) is 2. The first-order valence-electron chi connectivity index (χ1n) is 6.02. The molecule has 4 N–H and O–H groups in total. The third kappa shape index (κ3) is 4.19. The molecule has 96 valence electrons. The second-order valence-corrected chi connectivity index (χ2v) is 5.28. The Morgan fingerprint density at radius 3 is 2.41 bits per heavy atom. The summed E-state index contributed by atoms with van der Waals surface area (Å²) in [5.74, 6) is 6.99. The van der Waals surface area contributed by atoms with Crippen molar-refractivity contribution in [3.05, 3.63) is 11.9 Å². The summed E-state index contributed by atoms with van der Waals surface area (Å²) in [7, 11) is 0. The van der Waals surface area contributed by atoms with Gasteiger partial charge < -0.3 is 10.7 Å². The molecule has 1 aromatic rings. The van der Waals surface area contributed by atoms with Gasteiger partial charge in [-0.15, -0.1) is 0 Å². The topological polar surface area (TPSA) is 75.9 Å². The van der Waals surface area contributed by atoms with Crippen LogP contribution >= 0.6 is 0 Å². The van der Waals surface area contributed by atoms with E-state index in [1.54, 1.807) is 0 Å². The maximum Gasteiger partial charge on any atom is 0.148 e. The van der Waals surface area contributed by atoms with Crippen molar-refractivity contribution in [3.63, 3.8) is 0 Å². The lowest BCUT2D eigenvalue weighted by atomic mass is 9.92. The Morgan fingerprint density at radius 1 is 1.24 bits per heavy atom. The van der Waals surface area contributed by atoms with E-state index in [0.717, 1.165) is 30.8 Å². The van der Waals surface area contributed by atoms with Gasteiger partial charge in [0, 0.05) is 12.1 Å². The molecule has 0 atom stereocenters. The molecule has 0 aliphatic rings. The number of hydrazine groups is 1. The van der Waals surface area contributed by atoms with Gasteiger partial charge in [0.05, 0.1) is 0 Å². The van der Waals surface area contributed by atoms with Gasteiger partial charge in [-0.25, -0.2) is 15.8 Å². The monoisotopic (exact) mass is 237 g/mol. The molecule has 0 unspecified atom stereocenters. The van der Waals surface area contributed by atoms with Crippen LogP contribution in [0.15, 0.2) is 6.33 Å². The number of hydrogen-bond acceptors (Lipinski definition) is 5. The zero-order valence-corrected chi connectivity index (χ0v) is 11.2. The first-order valence-corrected chi connectivity index (χ1v) is 6.02. The highest BCUT2D eigenvalue weighted by molar-refractivity contribution is 5.56. The van der Waals surface area contributed by atoms with Gasteiger partial charge in [-0.3, -0.25) is 0 Å². The molecular formula is C12H23N5. The number of anilines is 2. The average Bonchev–Trinajstić information content (AvgIpc) is 2.27. The van der Waals surface area contributed by atoms with Gasteiger partial charge in [0.2, 0.25) is 0 Å². The minimum absolute atomic E-state index is 0.321. The fourth-order valence-electron chi connectivity index (χ4n) is 1.58. The van der Waals surface area contributed by atoms with Crippen molar-refractivity contribution >= 4 is 11.6 Å². The number of nitrogens with two attached hydrogens (primary N) is 1. The molecule has 0 aliphatic carbocycles. The van der Waals surface area contributed by atoms with Gasteiger partial charge >= 0.3 is 0 Å². The van der Waals surface area contributed by atoms with Crippen LogP contribution in [-0.4, -0.2) is 16.5 Å². The number of rotatable bonds is 5. The maximum atomic E-state index is 5.42. The van der Waals surface area contributed by atoms with Gasteiger partial charge in [-0.05, 0) is 18.3 Å². The molecule has 0 radical (unpaired) electrons. The van der Waals surface area contributed by atoms with E-state index in [1.165, 1.54) is 6.33 Å². The molecule has 5 heteroatoms. The third-order valence-corrected chi connectivity index (χ3v) is 2.60. The fourth-order valence-corrected chi connectivity index (χ4v) is 1.58. The molecule has 1 heterocycles. The Hall–Kier alpha value is -1.36. The van der Waals surface area contributed by atoms with Crippen molar-refractivity contribution in [2.24, 2.45) is 11.3 Å². The summed E-state index contributed by atoms with van der Waals surface area (Å²) in [6, 6.07) is 0. The Morgan fingerprint density at radius 2 is 1.88 bits per heavy atom. The summed E-state index contributed by atoms with van der Waals surface area (Å²) in [6.45, 7) is 9.64. The van der Waals surface area contributed by atoms with Gasteiger partial charge in [0.25, 0.3) is 0 Å². The van der Waals surface area contributed by atoms with Crippen LogP contribution in [-0.2, 0) is 6.42 Å². The van der Waals surface area contributed by atoms with E-state index in [1.807, 2.05) is 0 Å². The van der Waals surface area contributed by atoms with Crippen molar-refractivity contribution in [2.45, 2.75) is 40.5 Å². The molecule has 0 saturated heterocycles. The highest BCUT2D eigenvalue weighted by atomic mass is 15.3. The molecule has 0 fully saturated rings. The Balaban J connectivity index is 2.70. The molecule has 0 amide bonds. The maximum absolute atomic E-state index is 5.42. The van der Waals surface area contributed by atoms with Crippen molar-refractivity contribution in [1.29, 1.82) is 0 Å². The van der Waals surface area contributed by atoms with E-state index in [4.69, 9.17) is 5.84 Å². The summed E-state index contributed by atoms with van der Waals surface area (Å²) >= 11 is 0. The summed E-state index contributed by atoms with van der Waals surface area (Å²) < 4.78 is 0. The van der Waals surface area contributed by atoms with Crippen LogP contribution in [0.5, 0.6) is 0 Å². The van der Waals surface area contributed by atoms with E-state index in [0.29, 0.717) is 11.2 Å². The molecule has 0 saturated carbocycles. The molecular weight excluding hydrogens is 214 g/mol. The van der Waals surface area contributed by atoms with E-state index >= 15 is 0 Å². The number of hydrogen-bond donors (Lipinski definition) is 3. The van der Waals surface area contributed by atoms with Crippen molar-refractivity contribution in [1.82, 2.24) is 9.97 Å². The molecule has 5 nitrogen and oxygen atoms in total. The first-order chi connectivity index (χ1) is 7.98. The molecule has 0 aromatic carbocycles. The lowest BCUT2D eigenvalue weighted by molar-refractivity contribution is 0.389. The predicted octanol–water partition coefficient (Wildman–Crippen LogP) is 2.17. The standard InChI is InChI=1S/C12H23N5/c1-5-9-10(14-7-6-12(2,3)4)15-8-16-11(9)17-13/h8H,5-7,13H2,1-4H3,(H2,14,15,16,17). The molecule has 1 rings (SSSR count). The zero-order valence-electron chi connectivity index (χ0n) is 11.2. The molecule has 17 heavy (non-hydrogen) atoms.